The van der Waals surface area contributed by atoms with Crippen molar-refractivity contribution in [2.75, 3.05) is 11.9 Å². The lowest BCUT2D eigenvalue weighted by atomic mass is 10.3. The van der Waals surface area contributed by atoms with Crippen LogP contribution in [0.25, 0.3) is 0 Å². The molecule has 0 heterocycles. The van der Waals surface area contributed by atoms with Crippen molar-refractivity contribution < 1.29 is 0 Å². The first kappa shape index (κ1) is 12.0. The summed E-state index contributed by atoms with van der Waals surface area (Å²) < 4.78 is 0. The van der Waals surface area contributed by atoms with Gasteiger partial charge in [0, 0.05) is 10.6 Å². The second-order valence-corrected chi connectivity index (χ2v) is 4.02. The largest absolute Gasteiger partial charge is 0.378 e. The minimum absolute atomic E-state index is 0.397. The van der Waals surface area contributed by atoms with E-state index in [0.717, 1.165) is 0 Å². The smallest absolute Gasteiger partial charge is 0.0721 e. The summed E-state index contributed by atoms with van der Waals surface area (Å²) in [5.41, 5.74) is 1.95. The van der Waals surface area contributed by atoms with Crippen LogP contribution in [0.2, 0.25) is 10.0 Å². The average Bonchev–Trinajstić information content (AvgIpc) is 2.16. The van der Waals surface area contributed by atoms with E-state index in [-0.39, 0.29) is 0 Å². The molecular formula is C9H7Cl4N. The predicted molar refractivity (Wildman–Crippen MR) is 64.7 cm³/mol. The van der Waals surface area contributed by atoms with E-state index in [4.69, 9.17) is 46.4 Å². The van der Waals surface area contributed by atoms with Gasteiger partial charge in [0.05, 0.1) is 22.3 Å². The van der Waals surface area contributed by atoms with E-state index in [2.05, 4.69) is 5.32 Å². The molecule has 1 N–H and O–H groups in total. The lowest BCUT2D eigenvalue weighted by Crippen LogP contribution is -2.02. The highest BCUT2D eigenvalue weighted by molar-refractivity contribution is 6.39. The van der Waals surface area contributed by atoms with Crippen molar-refractivity contribution in [2.24, 2.45) is 0 Å². The molecule has 0 spiro atoms. The van der Waals surface area contributed by atoms with Crippen molar-refractivity contribution in [3.63, 3.8) is 0 Å². The molecule has 0 unspecified atom stereocenters. The number of hydrogen-bond donors (Lipinski definition) is 1. The number of rotatable bonds is 3. The Morgan fingerprint density at radius 2 is 1.86 bits per heavy atom. The van der Waals surface area contributed by atoms with Crippen molar-refractivity contribution in [3.8, 4) is 0 Å². The van der Waals surface area contributed by atoms with Gasteiger partial charge in [-0.25, -0.2) is 0 Å². The Bertz CT molecular complexity index is 328. The van der Waals surface area contributed by atoms with Crippen LogP contribution in [0.4, 0.5) is 5.69 Å². The molecule has 1 aromatic rings. The van der Waals surface area contributed by atoms with Crippen molar-refractivity contribution in [3.05, 3.63) is 38.8 Å². The van der Waals surface area contributed by atoms with E-state index in [1.54, 1.807) is 18.2 Å². The molecule has 0 aliphatic heterocycles. The van der Waals surface area contributed by atoms with Gasteiger partial charge < -0.3 is 5.32 Å². The maximum atomic E-state index is 5.91. The lowest BCUT2D eigenvalue weighted by Gasteiger charge is -2.08. The molecule has 5 heteroatoms. The molecule has 0 fully saturated rings. The van der Waals surface area contributed by atoms with Gasteiger partial charge in [-0.05, 0) is 12.1 Å². The van der Waals surface area contributed by atoms with Crippen LogP contribution in [0.5, 0.6) is 0 Å². The molecule has 14 heavy (non-hydrogen) atoms. The van der Waals surface area contributed by atoms with E-state index in [1.807, 2.05) is 0 Å². The number of benzene rings is 1. The zero-order valence-electron chi connectivity index (χ0n) is 7.03. The molecule has 0 saturated carbocycles. The first-order valence-corrected chi connectivity index (χ1v) is 5.35. The lowest BCUT2D eigenvalue weighted by molar-refractivity contribution is 1.31. The average molecular weight is 271 g/mol. The molecule has 0 amide bonds. The third-order valence-electron chi connectivity index (χ3n) is 1.52. The van der Waals surface area contributed by atoms with Gasteiger partial charge in [0.1, 0.15) is 0 Å². The monoisotopic (exact) mass is 269 g/mol. The quantitative estimate of drug-likeness (QED) is 0.838. The molecule has 0 aliphatic carbocycles. The van der Waals surface area contributed by atoms with E-state index in [1.165, 1.54) is 5.54 Å². The fourth-order valence-electron chi connectivity index (χ4n) is 0.878. The Morgan fingerprint density at radius 3 is 2.36 bits per heavy atom. The van der Waals surface area contributed by atoms with Crippen molar-refractivity contribution in [1.29, 1.82) is 0 Å². The maximum Gasteiger partial charge on any atom is 0.0721 e. The topological polar surface area (TPSA) is 12.0 Å². The Balaban J connectivity index is 2.76. The third kappa shape index (κ3) is 3.25. The Hall–Kier alpha value is -0.0800. The van der Waals surface area contributed by atoms with Gasteiger partial charge >= 0.3 is 0 Å². The van der Waals surface area contributed by atoms with Gasteiger partial charge in [-0.1, -0.05) is 52.5 Å². The molecule has 0 bridgehead atoms. The van der Waals surface area contributed by atoms with Gasteiger partial charge in [-0.15, -0.1) is 0 Å². The third-order valence-corrected chi connectivity index (χ3v) is 2.76. The standard InChI is InChI=1S/C9H7Cl4N/c10-4-6(11)5-14-9-7(12)2-1-3-8(9)13/h1-4,14H,5H2. The van der Waals surface area contributed by atoms with Crippen molar-refractivity contribution >= 4 is 52.1 Å². The van der Waals surface area contributed by atoms with E-state index in [0.29, 0.717) is 27.3 Å². The molecule has 1 nitrogen and oxygen atoms in total. The number of anilines is 1. The van der Waals surface area contributed by atoms with E-state index in [9.17, 15) is 0 Å². The van der Waals surface area contributed by atoms with Crippen molar-refractivity contribution in [1.82, 2.24) is 0 Å². The van der Waals surface area contributed by atoms with Crippen LogP contribution >= 0.6 is 46.4 Å². The summed E-state index contributed by atoms with van der Waals surface area (Å²) in [6, 6.07) is 5.26. The first-order chi connectivity index (χ1) is 6.65. The molecule has 1 aromatic carbocycles. The van der Waals surface area contributed by atoms with Crippen LogP contribution in [-0.2, 0) is 0 Å². The molecular weight excluding hydrogens is 264 g/mol. The summed E-state index contributed by atoms with van der Waals surface area (Å²) in [4.78, 5) is 0. The molecule has 0 radical (unpaired) electrons. The fourth-order valence-corrected chi connectivity index (χ4v) is 1.55. The number of para-hydroxylation sites is 1. The van der Waals surface area contributed by atoms with Gasteiger partial charge in [0.15, 0.2) is 0 Å². The highest BCUT2D eigenvalue weighted by atomic mass is 35.5. The second-order valence-electron chi connectivity index (χ2n) is 2.51. The van der Waals surface area contributed by atoms with Crippen LogP contribution in [0.15, 0.2) is 28.8 Å². The van der Waals surface area contributed by atoms with Gasteiger partial charge in [0.2, 0.25) is 0 Å². The highest BCUT2D eigenvalue weighted by Crippen LogP contribution is 2.29. The van der Waals surface area contributed by atoms with Gasteiger partial charge in [-0.2, -0.15) is 0 Å². The summed E-state index contributed by atoms with van der Waals surface area (Å²) in [5, 5.41) is 4.58. The SMILES string of the molecule is ClC=C(Cl)CNc1c(Cl)cccc1Cl. The maximum absolute atomic E-state index is 5.91. The summed E-state index contributed by atoms with van der Waals surface area (Å²) in [5.74, 6) is 0. The molecule has 0 saturated heterocycles. The Morgan fingerprint density at radius 1 is 1.29 bits per heavy atom. The normalized spacial score (nSPS) is 11.6. The summed E-state index contributed by atoms with van der Waals surface area (Å²) >= 11 is 22.9. The summed E-state index contributed by atoms with van der Waals surface area (Å²) in [6.07, 6.45) is 0. The Labute approximate surface area is 103 Å². The van der Waals surface area contributed by atoms with Crippen LogP contribution in [0.3, 0.4) is 0 Å². The van der Waals surface area contributed by atoms with Crippen LogP contribution < -0.4 is 5.32 Å². The minimum Gasteiger partial charge on any atom is -0.378 e. The second kappa shape index (κ2) is 5.72. The van der Waals surface area contributed by atoms with Crippen LogP contribution in [-0.4, -0.2) is 6.54 Å². The van der Waals surface area contributed by atoms with E-state index < -0.39 is 0 Å². The minimum atomic E-state index is 0.397. The highest BCUT2D eigenvalue weighted by Gasteiger charge is 2.04. The van der Waals surface area contributed by atoms with Gasteiger partial charge in [0.25, 0.3) is 0 Å². The zero-order valence-corrected chi connectivity index (χ0v) is 10.1. The molecule has 0 atom stereocenters. The fraction of sp³-hybridized carbons (Fsp3) is 0.111. The zero-order chi connectivity index (χ0) is 10.6. The summed E-state index contributed by atoms with van der Waals surface area (Å²) in [7, 11) is 0. The van der Waals surface area contributed by atoms with Crippen LogP contribution in [0.1, 0.15) is 0 Å². The van der Waals surface area contributed by atoms with E-state index >= 15 is 0 Å². The van der Waals surface area contributed by atoms with Crippen molar-refractivity contribution in [2.45, 2.75) is 0 Å². The number of hydrogen-bond acceptors (Lipinski definition) is 1. The first-order valence-electron chi connectivity index (χ1n) is 3.77. The molecule has 0 aromatic heterocycles. The molecule has 0 aliphatic rings. The number of nitrogens with one attached hydrogen (secondary N) is 1. The van der Waals surface area contributed by atoms with Crippen LogP contribution in [0, 0.1) is 0 Å². The molecule has 76 valence electrons. The molecule has 1 rings (SSSR count). The number of halogens is 4. The Kier molecular flexibility index (Phi) is 4.90. The summed E-state index contributed by atoms with van der Waals surface area (Å²) in [6.45, 7) is 0.397. The predicted octanol–water partition coefficient (Wildman–Crippen LogP) is 4.72. The van der Waals surface area contributed by atoms with Gasteiger partial charge in [-0.3, -0.25) is 0 Å².